The number of carbonyl (C=O) groups excluding carboxylic acids is 1. The largest absolute Gasteiger partial charge is 0.504 e. The van der Waals surface area contributed by atoms with Gasteiger partial charge < -0.3 is 19.7 Å². The van der Waals surface area contributed by atoms with E-state index >= 15 is 0 Å². The molecule has 5 nitrogen and oxygen atoms in total. The number of carbonyl (C=O) groups is 1. The van der Waals surface area contributed by atoms with E-state index < -0.39 is 0 Å². The molecule has 5 heteroatoms. The summed E-state index contributed by atoms with van der Waals surface area (Å²) in [4.78, 5) is 10.0. The minimum Gasteiger partial charge on any atom is -0.504 e. The minimum absolute atomic E-state index is 0.0342. The molecule has 0 atom stereocenters. The number of phenols is 2. The molecule has 0 aliphatic heterocycles. The molecule has 0 saturated heterocycles. The fraction of sp³-hybridized carbons (Fsp3) is 0.235. The van der Waals surface area contributed by atoms with Gasteiger partial charge in [-0.1, -0.05) is 30.3 Å². The van der Waals surface area contributed by atoms with Crippen molar-refractivity contribution in [3.8, 4) is 23.0 Å². The second-order valence-electron chi connectivity index (χ2n) is 4.16. The second-order valence-corrected chi connectivity index (χ2v) is 4.16. The van der Waals surface area contributed by atoms with Crippen LogP contribution in [-0.4, -0.2) is 29.7 Å². The molecule has 0 saturated carbocycles. The van der Waals surface area contributed by atoms with Crippen molar-refractivity contribution in [1.82, 2.24) is 0 Å². The Labute approximate surface area is 129 Å². The third-order valence-electron chi connectivity index (χ3n) is 2.58. The van der Waals surface area contributed by atoms with E-state index in [2.05, 4.69) is 0 Å². The number of ether oxygens (including phenoxy) is 2. The zero-order valence-corrected chi connectivity index (χ0v) is 12.7. The van der Waals surface area contributed by atoms with Crippen LogP contribution in [0.25, 0.3) is 0 Å². The summed E-state index contributed by atoms with van der Waals surface area (Å²) in [5.41, 5.74) is 0.729. The monoisotopic (exact) mass is 304 g/mol. The number of hydrogen-bond donors (Lipinski definition) is 2. The maximum Gasteiger partial charge on any atom is 0.207 e. The molecule has 0 heterocycles. The van der Waals surface area contributed by atoms with E-state index in [4.69, 9.17) is 9.47 Å². The lowest BCUT2D eigenvalue weighted by Gasteiger charge is -2.13. The van der Waals surface area contributed by atoms with Crippen LogP contribution < -0.4 is 9.47 Å². The molecule has 2 rings (SSSR count). The average Bonchev–Trinajstić information content (AvgIpc) is 2.55. The van der Waals surface area contributed by atoms with Crippen molar-refractivity contribution >= 4 is 6.29 Å². The molecule has 22 heavy (non-hydrogen) atoms. The molecule has 0 amide bonds. The SMILES string of the molecule is CCOc1c(O)ccc(O)c1OCC.O=Cc1ccccc1. The summed E-state index contributed by atoms with van der Waals surface area (Å²) in [5.74, 6) is 0.310. The highest BCUT2D eigenvalue weighted by atomic mass is 16.5. The molecule has 0 fully saturated rings. The fourth-order valence-electron chi connectivity index (χ4n) is 1.64. The first-order valence-corrected chi connectivity index (χ1v) is 6.94. The van der Waals surface area contributed by atoms with Crippen LogP contribution in [-0.2, 0) is 0 Å². The van der Waals surface area contributed by atoms with Gasteiger partial charge in [0.1, 0.15) is 6.29 Å². The van der Waals surface area contributed by atoms with E-state index in [1.165, 1.54) is 12.1 Å². The summed E-state index contributed by atoms with van der Waals surface area (Å²) in [6.07, 6.45) is 0.833. The first-order valence-electron chi connectivity index (χ1n) is 6.94. The summed E-state index contributed by atoms with van der Waals surface area (Å²) < 4.78 is 10.3. The highest BCUT2D eigenvalue weighted by molar-refractivity contribution is 5.74. The molecule has 0 aromatic heterocycles. The van der Waals surface area contributed by atoms with Gasteiger partial charge in [-0.15, -0.1) is 0 Å². The Morgan fingerprint density at radius 3 is 1.64 bits per heavy atom. The van der Waals surface area contributed by atoms with Gasteiger partial charge in [0.15, 0.2) is 11.5 Å². The van der Waals surface area contributed by atoms with E-state index in [1.807, 2.05) is 18.2 Å². The molecule has 0 radical (unpaired) electrons. The van der Waals surface area contributed by atoms with Crippen molar-refractivity contribution in [2.24, 2.45) is 0 Å². The second kappa shape index (κ2) is 9.28. The Morgan fingerprint density at radius 2 is 1.32 bits per heavy atom. The van der Waals surface area contributed by atoms with Crippen LogP contribution in [0.15, 0.2) is 42.5 Å². The standard InChI is InChI=1S/C10H14O4.C7H6O/c1-3-13-9-7(11)5-6-8(12)10(9)14-4-2;8-6-7-4-2-1-3-5-7/h5-6,11-12H,3-4H2,1-2H3;1-6H. The van der Waals surface area contributed by atoms with E-state index in [-0.39, 0.29) is 23.0 Å². The Balaban J connectivity index is 0.000000255. The highest BCUT2D eigenvalue weighted by Crippen LogP contribution is 2.43. The molecule has 0 bridgehead atoms. The zero-order valence-electron chi connectivity index (χ0n) is 12.7. The van der Waals surface area contributed by atoms with Gasteiger partial charge in [-0.05, 0) is 26.0 Å². The number of rotatable bonds is 5. The van der Waals surface area contributed by atoms with Crippen LogP contribution >= 0.6 is 0 Å². The Kier molecular flexibility index (Phi) is 7.33. The molecule has 0 aliphatic rings. The third kappa shape index (κ3) is 5.01. The van der Waals surface area contributed by atoms with Crippen molar-refractivity contribution in [2.75, 3.05) is 13.2 Å². The normalized spacial score (nSPS) is 9.36. The summed E-state index contributed by atoms with van der Waals surface area (Å²) in [6, 6.07) is 11.8. The van der Waals surface area contributed by atoms with Gasteiger partial charge in [0.05, 0.1) is 13.2 Å². The Morgan fingerprint density at radius 1 is 0.864 bits per heavy atom. The molecular weight excluding hydrogens is 284 g/mol. The van der Waals surface area contributed by atoms with Gasteiger partial charge in [-0.2, -0.15) is 0 Å². The predicted molar refractivity (Wildman–Crippen MR) is 83.9 cm³/mol. The van der Waals surface area contributed by atoms with Crippen LogP contribution in [0.1, 0.15) is 24.2 Å². The molecule has 2 aromatic rings. The molecule has 0 aliphatic carbocycles. The zero-order chi connectivity index (χ0) is 16.4. The highest BCUT2D eigenvalue weighted by Gasteiger charge is 2.14. The Hall–Kier alpha value is -2.69. The van der Waals surface area contributed by atoms with Crippen LogP contribution in [0, 0.1) is 0 Å². The summed E-state index contributed by atoms with van der Waals surface area (Å²) in [5, 5.41) is 18.9. The lowest BCUT2D eigenvalue weighted by Crippen LogP contribution is -1.98. The number of benzene rings is 2. The van der Waals surface area contributed by atoms with E-state index in [0.29, 0.717) is 13.2 Å². The van der Waals surface area contributed by atoms with Crippen LogP contribution in [0.4, 0.5) is 0 Å². The van der Waals surface area contributed by atoms with Gasteiger partial charge >= 0.3 is 0 Å². The maximum absolute atomic E-state index is 10.0. The first kappa shape index (κ1) is 17.4. The summed E-state index contributed by atoms with van der Waals surface area (Å²) >= 11 is 0. The number of hydrogen-bond acceptors (Lipinski definition) is 5. The van der Waals surface area contributed by atoms with Gasteiger partial charge in [0, 0.05) is 5.56 Å². The van der Waals surface area contributed by atoms with Crippen LogP contribution in [0.3, 0.4) is 0 Å². The van der Waals surface area contributed by atoms with Gasteiger partial charge in [0.2, 0.25) is 11.5 Å². The van der Waals surface area contributed by atoms with Crippen LogP contribution in [0.2, 0.25) is 0 Å². The van der Waals surface area contributed by atoms with Crippen molar-refractivity contribution in [3.63, 3.8) is 0 Å². The Bertz CT molecular complexity index is 550. The van der Waals surface area contributed by atoms with E-state index in [1.54, 1.807) is 26.0 Å². The summed E-state index contributed by atoms with van der Waals surface area (Å²) in [7, 11) is 0. The quantitative estimate of drug-likeness (QED) is 0.654. The van der Waals surface area contributed by atoms with E-state index in [9.17, 15) is 15.0 Å². The predicted octanol–water partition coefficient (Wildman–Crippen LogP) is 3.39. The lowest BCUT2D eigenvalue weighted by molar-refractivity contribution is 0.112. The number of aldehydes is 1. The van der Waals surface area contributed by atoms with Crippen molar-refractivity contribution in [3.05, 3.63) is 48.0 Å². The van der Waals surface area contributed by atoms with Crippen LogP contribution in [0.5, 0.6) is 23.0 Å². The number of phenolic OH excluding ortho intramolecular Hbond substituents is 2. The average molecular weight is 304 g/mol. The smallest absolute Gasteiger partial charge is 0.207 e. The first-order chi connectivity index (χ1) is 10.6. The molecular formula is C17H20O5. The van der Waals surface area contributed by atoms with Crippen molar-refractivity contribution < 1.29 is 24.5 Å². The van der Waals surface area contributed by atoms with Gasteiger partial charge in [-0.25, -0.2) is 0 Å². The fourth-order valence-corrected chi connectivity index (χ4v) is 1.64. The number of aromatic hydroxyl groups is 2. The van der Waals surface area contributed by atoms with E-state index in [0.717, 1.165) is 11.8 Å². The maximum atomic E-state index is 10.0. The molecule has 0 unspecified atom stereocenters. The topological polar surface area (TPSA) is 76.0 Å². The third-order valence-corrected chi connectivity index (χ3v) is 2.58. The van der Waals surface area contributed by atoms with Crippen molar-refractivity contribution in [2.45, 2.75) is 13.8 Å². The molecule has 2 aromatic carbocycles. The minimum atomic E-state index is -0.0342. The molecule has 118 valence electrons. The van der Waals surface area contributed by atoms with Gasteiger partial charge in [0.25, 0.3) is 0 Å². The summed E-state index contributed by atoms with van der Waals surface area (Å²) in [6.45, 7) is 4.38. The van der Waals surface area contributed by atoms with Crippen molar-refractivity contribution in [1.29, 1.82) is 0 Å². The molecule has 2 N–H and O–H groups in total. The van der Waals surface area contributed by atoms with Gasteiger partial charge in [-0.3, -0.25) is 4.79 Å². The lowest BCUT2D eigenvalue weighted by atomic mass is 10.2. The molecule has 0 spiro atoms.